The Morgan fingerprint density at radius 2 is 2.36 bits per heavy atom. The number of carboxylic acids is 1. The second-order valence-electron chi connectivity index (χ2n) is 6.60. The second kappa shape index (κ2) is 7.80. The molecule has 0 aromatic carbocycles. The Morgan fingerprint density at radius 3 is 2.93 bits per heavy atom. The number of thiazole rings is 1. The van der Waals surface area contributed by atoms with Gasteiger partial charge in [0, 0.05) is 5.38 Å². The highest BCUT2D eigenvalue weighted by molar-refractivity contribution is 8.01. The van der Waals surface area contributed by atoms with Gasteiger partial charge in [0.1, 0.15) is 18.5 Å². The molecule has 0 aliphatic carbocycles. The number of nitrogen functional groups attached to an aromatic ring is 1. The highest BCUT2D eigenvalue weighted by Gasteiger charge is 2.52. The van der Waals surface area contributed by atoms with Crippen molar-refractivity contribution in [1.82, 2.24) is 15.2 Å². The van der Waals surface area contributed by atoms with Gasteiger partial charge in [-0.05, 0) is 12.0 Å². The monoisotopic (exact) mass is 425 g/mol. The highest BCUT2D eigenvalue weighted by atomic mass is 32.2. The molecule has 0 spiro atoms. The molecule has 150 valence electrons. The quantitative estimate of drug-likeness (QED) is 0.332. The number of nitrogens with one attached hydrogen (secondary N) is 1. The van der Waals surface area contributed by atoms with E-state index in [2.05, 4.69) is 15.5 Å². The molecule has 12 heteroatoms. The van der Waals surface area contributed by atoms with Crippen molar-refractivity contribution in [3.05, 3.63) is 22.8 Å². The van der Waals surface area contributed by atoms with E-state index in [9.17, 15) is 19.5 Å². The zero-order chi connectivity index (χ0) is 20.5. The number of aromatic nitrogens is 1. The minimum absolute atomic E-state index is 0.165. The summed E-state index contributed by atoms with van der Waals surface area (Å²) in [7, 11) is 0. The van der Waals surface area contributed by atoms with E-state index < -0.39 is 22.1 Å². The molecule has 1 unspecified atom stereocenters. The van der Waals surface area contributed by atoms with E-state index in [4.69, 9.17) is 10.6 Å². The molecule has 1 saturated heterocycles. The van der Waals surface area contributed by atoms with Crippen molar-refractivity contribution in [3.63, 3.8) is 0 Å². The number of aliphatic carboxylic acids is 1. The van der Waals surface area contributed by atoms with Crippen LogP contribution in [0.2, 0.25) is 0 Å². The number of fused-ring (bicyclic) bond motifs is 1. The number of carbonyl (C=O) groups is 3. The molecule has 3 rings (SSSR count). The van der Waals surface area contributed by atoms with Gasteiger partial charge >= 0.3 is 5.97 Å². The largest absolute Gasteiger partial charge is 0.477 e. The van der Waals surface area contributed by atoms with Gasteiger partial charge in [-0.25, -0.2) is 9.78 Å². The molecule has 3 heterocycles. The summed E-state index contributed by atoms with van der Waals surface area (Å²) in [6.45, 7) is 4.24. The van der Waals surface area contributed by atoms with Crippen molar-refractivity contribution in [2.75, 3.05) is 12.3 Å². The molecule has 2 atom stereocenters. The molecule has 28 heavy (non-hydrogen) atoms. The molecule has 2 aliphatic heterocycles. The number of anilines is 1. The maximum atomic E-state index is 12.4. The van der Waals surface area contributed by atoms with E-state index in [1.807, 2.05) is 13.8 Å². The van der Waals surface area contributed by atoms with Gasteiger partial charge in [-0.2, -0.15) is 0 Å². The van der Waals surface area contributed by atoms with Gasteiger partial charge in [0.05, 0.1) is 17.5 Å². The van der Waals surface area contributed by atoms with E-state index >= 15 is 0 Å². The third-order valence-corrected chi connectivity index (χ3v) is 6.03. The van der Waals surface area contributed by atoms with Crippen LogP contribution in [0.5, 0.6) is 0 Å². The van der Waals surface area contributed by atoms with Gasteiger partial charge in [-0.15, -0.1) is 11.3 Å². The zero-order valence-corrected chi connectivity index (χ0v) is 16.7. The average Bonchev–Trinajstić information content (AvgIpc) is 3.04. The van der Waals surface area contributed by atoms with Crippen molar-refractivity contribution in [3.8, 4) is 0 Å². The predicted molar refractivity (Wildman–Crippen MR) is 104 cm³/mol. The predicted octanol–water partition coefficient (Wildman–Crippen LogP) is 0.926. The van der Waals surface area contributed by atoms with Crippen LogP contribution in [0.3, 0.4) is 0 Å². The minimum atomic E-state index is -1.30. The maximum Gasteiger partial charge on any atom is 0.352 e. The van der Waals surface area contributed by atoms with Crippen LogP contribution in [0.25, 0.3) is 0 Å². The summed E-state index contributed by atoms with van der Waals surface area (Å²) in [5.74, 6) is -1.90. The van der Waals surface area contributed by atoms with E-state index in [0.29, 0.717) is 12.3 Å². The van der Waals surface area contributed by atoms with Crippen LogP contribution in [0.15, 0.2) is 22.3 Å². The number of nitrogens with two attached hydrogens (primary N) is 1. The van der Waals surface area contributed by atoms with Crippen molar-refractivity contribution < 1.29 is 24.3 Å². The van der Waals surface area contributed by atoms with Crippen molar-refractivity contribution >= 4 is 52.2 Å². The van der Waals surface area contributed by atoms with Gasteiger partial charge in [-0.3, -0.25) is 14.5 Å². The maximum absolute atomic E-state index is 12.4. The van der Waals surface area contributed by atoms with Gasteiger partial charge in [-0.1, -0.05) is 30.8 Å². The molecule has 2 aliphatic rings. The Bertz CT molecular complexity index is 867. The van der Waals surface area contributed by atoms with Crippen LogP contribution < -0.4 is 11.1 Å². The zero-order valence-electron chi connectivity index (χ0n) is 15.1. The first-order valence-electron chi connectivity index (χ1n) is 8.37. The SMILES string of the molecule is CC(C)CON=CC(=O)NC1(c2csc(N)n2)C=C(C(=O)O)N2C(=O)C[C@H]2S1. The summed E-state index contributed by atoms with van der Waals surface area (Å²) in [5.41, 5.74) is 5.90. The lowest BCUT2D eigenvalue weighted by atomic mass is 10.1. The number of oxime groups is 1. The Hall–Kier alpha value is -2.60. The lowest BCUT2D eigenvalue weighted by Gasteiger charge is -2.48. The van der Waals surface area contributed by atoms with Gasteiger partial charge in [0.25, 0.3) is 5.91 Å². The molecule has 4 N–H and O–H groups in total. The van der Waals surface area contributed by atoms with E-state index in [0.717, 1.165) is 6.21 Å². The lowest BCUT2D eigenvalue weighted by Crippen LogP contribution is -2.59. The number of nitrogens with zero attached hydrogens (tertiary/aromatic N) is 3. The molecule has 0 radical (unpaired) electrons. The minimum Gasteiger partial charge on any atom is -0.477 e. The molecule has 0 bridgehead atoms. The Kier molecular flexibility index (Phi) is 5.61. The number of hydrogen-bond donors (Lipinski definition) is 3. The lowest BCUT2D eigenvalue weighted by molar-refractivity contribution is -0.146. The number of carboxylic acid groups (broad SMARTS) is 1. The molecule has 1 aromatic heterocycles. The third kappa shape index (κ3) is 3.97. The van der Waals surface area contributed by atoms with Crippen LogP contribution in [-0.2, 0) is 24.1 Å². The van der Waals surface area contributed by atoms with Crippen LogP contribution >= 0.6 is 23.1 Å². The van der Waals surface area contributed by atoms with Crippen molar-refractivity contribution in [1.29, 1.82) is 0 Å². The summed E-state index contributed by atoms with van der Waals surface area (Å²) in [6.07, 6.45) is 2.45. The normalized spacial score (nSPS) is 24.0. The Morgan fingerprint density at radius 1 is 1.61 bits per heavy atom. The third-order valence-electron chi connectivity index (χ3n) is 3.91. The van der Waals surface area contributed by atoms with Gasteiger partial charge < -0.3 is 21.0 Å². The fourth-order valence-electron chi connectivity index (χ4n) is 2.66. The van der Waals surface area contributed by atoms with Crippen LogP contribution in [0, 0.1) is 5.92 Å². The summed E-state index contributed by atoms with van der Waals surface area (Å²) in [6, 6.07) is 0. The average molecular weight is 425 g/mol. The van der Waals surface area contributed by atoms with Crippen LogP contribution in [0.1, 0.15) is 26.0 Å². The summed E-state index contributed by atoms with van der Waals surface area (Å²) in [5, 5.41) is 17.4. The summed E-state index contributed by atoms with van der Waals surface area (Å²) in [4.78, 5) is 45.1. The van der Waals surface area contributed by atoms with Crippen molar-refractivity contribution in [2.24, 2.45) is 11.1 Å². The number of rotatable bonds is 7. The van der Waals surface area contributed by atoms with Crippen LogP contribution in [0.4, 0.5) is 5.13 Å². The molecule has 1 fully saturated rings. The topological polar surface area (TPSA) is 147 Å². The standard InChI is InChI=1S/C16H19N5O5S2/c1-8(2)6-26-18-5-11(22)20-16(10-7-27-15(17)19-10)4-9(14(24)25)21-12(23)3-13(21)28-16/h4-5,7-8,13H,3,6H2,1-2H3,(H2,17,19)(H,20,22)(H,24,25)/t13-,16?/m1/s1. The molecule has 0 saturated carbocycles. The first-order valence-corrected chi connectivity index (χ1v) is 10.1. The summed E-state index contributed by atoms with van der Waals surface area (Å²) < 4.78 is 0. The summed E-state index contributed by atoms with van der Waals surface area (Å²) >= 11 is 2.38. The van der Waals surface area contributed by atoms with Gasteiger partial charge in [0.2, 0.25) is 5.91 Å². The van der Waals surface area contributed by atoms with Gasteiger partial charge in [0.15, 0.2) is 10.0 Å². The smallest absolute Gasteiger partial charge is 0.352 e. The Labute approximate surface area is 168 Å². The number of thioether (sulfide) groups is 1. The van der Waals surface area contributed by atoms with Crippen molar-refractivity contribution in [2.45, 2.75) is 30.5 Å². The number of amides is 2. The molecule has 2 amide bonds. The number of carbonyl (C=O) groups excluding carboxylic acids is 2. The Balaban J connectivity index is 1.91. The van der Waals surface area contributed by atoms with E-state index in [-0.39, 0.29) is 29.1 Å². The molecular formula is C16H19N5O5S2. The fourth-order valence-corrected chi connectivity index (χ4v) is 4.91. The molecular weight excluding hydrogens is 406 g/mol. The number of hydrogen-bond acceptors (Lipinski definition) is 9. The molecule has 1 aromatic rings. The highest BCUT2D eigenvalue weighted by Crippen LogP contribution is 2.50. The second-order valence-corrected chi connectivity index (χ2v) is 8.91. The van der Waals surface area contributed by atoms with Crippen LogP contribution in [-0.4, -0.2) is 51.0 Å². The first-order chi connectivity index (χ1) is 13.2. The molecule has 10 nitrogen and oxygen atoms in total. The fraction of sp³-hybridized carbons (Fsp3) is 0.438. The van der Waals surface area contributed by atoms with E-state index in [1.54, 1.807) is 5.38 Å². The first kappa shape index (κ1) is 20.1. The number of β-lactam (4-membered cyclic amide) rings is 1. The van der Waals surface area contributed by atoms with E-state index in [1.165, 1.54) is 34.1 Å².